The van der Waals surface area contributed by atoms with Crippen LogP contribution in [-0.2, 0) is 0 Å². The van der Waals surface area contributed by atoms with E-state index < -0.39 is 0 Å². The normalized spacial score (nSPS) is 9.74. The average molecular weight is 254 g/mol. The van der Waals surface area contributed by atoms with Gasteiger partial charge in [0.2, 0.25) is 5.95 Å². The molecule has 1 aromatic carbocycles. The van der Waals surface area contributed by atoms with Gasteiger partial charge in [-0.3, -0.25) is 0 Å². The van der Waals surface area contributed by atoms with Gasteiger partial charge in [-0.1, -0.05) is 0 Å². The molecule has 0 atom stereocenters. The minimum atomic E-state index is 0.560. The van der Waals surface area contributed by atoms with E-state index in [-0.39, 0.29) is 0 Å². The van der Waals surface area contributed by atoms with Gasteiger partial charge < -0.3 is 10.1 Å². The van der Waals surface area contributed by atoms with Crippen molar-refractivity contribution in [3.8, 4) is 23.1 Å². The van der Waals surface area contributed by atoms with Crippen molar-refractivity contribution >= 4 is 5.95 Å². The molecule has 2 rings (SSSR count). The van der Waals surface area contributed by atoms with E-state index >= 15 is 0 Å². The summed E-state index contributed by atoms with van der Waals surface area (Å²) < 4.78 is 5.31. The standard InChI is InChI=1S/C14H14N4O/c1-3-16-14-17-7-6-12(18-14)11-8-10(9-15)4-5-13(11)19-2/h4-8H,3H2,1-2H3,(H,16,17,18). The van der Waals surface area contributed by atoms with Crippen LogP contribution in [0.25, 0.3) is 11.3 Å². The first-order chi connectivity index (χ1) is 9.28. The number of hydrogen-bond donors (Lipinski definition) is 1. The Morgan fingerprint density at radius 2 is 2.21 bits per heavy atom. The van der Waals surface area contributed by atoms with Crippen LogP contribution in [0.15, 0.2) is 30.5 Å². The summed E-state index contributed by atoms with van der Waals surface area (Å²) in [7, 11) is 1.59. The summed E-state index contributed by atoms with van der Waals surface area (Å²) in [6, 6.07) is 9.15. The molecule has 5 heteroatoms. The van der Waals surface area contributed by atoms with E-state index in [2.05, 4.69) is 21.4 Å². The molecule has 19 heavy (non-hydrogen) atoms. The molecule has 0 spiro atoms. The van der Waals surface area contributed by atoms with Gasteiger partial charge >= 0.3 is 0 Å². The Balaban J connectivity index is 2.50. The van der Waals surface area contributed by atoms with Gasteiger partial charge in [-0.2, -0.15) is 5.26 Å². The highest BCUT2D eigenvalue weighted by atomic mass is 16.5. The molecule has 0 aliphatic rings. The minimum absolute atomic E-state index is 0.560. The number of nitriles is 1. The third-order valence-electron chi connectivity index (χ3n) is 2.59. The Labute approximate surface area is 111 Å². The van der Waals surface area contributed by atoms with Gasteiger partial charge in [0.25, 0.3) is 0 Å². The summed E-state index contributed by atoms with van der Waals surface area (Å²) in [6.45, 7) is 2.73. The van der Waals surface area contributed by atoms with Crippen molar-refractivity contribution in [2.75, 3.05) is 19.0 Å². The second-order valence-electron chi connectivity index (χ2n) is 3.82. The molecule has 0 unspecified atom stereocenters. The summed E-state index contributed by atoms with van der Waals surface area (Å²) in [5, 5.41) is 12.0. The number of methoxy groups -OCH3 is 1. The zero-order valence-corrected chi connectivity index (χ0v) is 10.8. The molecule has 1 heterocycles. The van der Waals surface area contributed by atoms with Crippen molar-refractivity contribution in [1.29, 1.82) is 5.26 Å². The fourth-order valence-electron chi connectivity index (χ4n) is 1.73. The molecule has 0 amide bonds. The molecule has 0 fully saturated rings. The second kappa shape index (κ2) is 5.83. The lowest BCUT2D eigenvalue weighted by Gasteiger charge is -2.09. The van der Waals surface area contributed by atoms with Crippen LogP contribution in [0, 0.1) is 11.3 Å². The summed E-state index contributed by atoms with van der Waals surface area (Å²) in [4.78, 5) is 8.53. The van der Waals surface area contributed by atoms with Crippen molar-refractivity contribution in [3.05, 3.63) is 36.0 Å². The minimum Gasteiger partial charge on any atom is -0.496 e. The predicted molar refractivity (Wildman–Crippen MR) is 72.9 cm³/mol. The highest BCUT2D eigenvalue weighted by molar-refractivity contribution is 5.69. The second-order valence-corrected chi connectivity index (χ2v) is 3.82. The van der Waals surface area contributed by atoms with Crippen LogP contribution in [0.5, 0.6) is 5.75 Å². The van der Waals surface area contributed by atoms with E-state index in [1.807, 2.05) is 6.92 Å². The predicted octanol–water partition coefficient (Wildman–Crippen LogP) is 2.46. The van der Waals surface area contributed by atoms with Gasteiger partial charge in [0, 0.05) is 18.3 Å². The molecule has 0 radical (unpaired) electrons. The van der Waals surface area contributed by atoms with Gasteiger partial charge in [0.15, 0.2) is 0 Å². The number of rotatable bonds is 4. The summed E-state index contributed by atoms with van der Waals surface area (Å²) in [5.41, 5.74) is 2.07. The number of anilines is 1. The summed E-state index contributed by atoms with van der Waals surface area (Å²) in [5.74, 6) is 1.24. The fourth-order valence-corrected chi connectivity index (χ4v) is 1.73. The lowest BCUT2D eigenvalue weighted by molar-refractivity contribution is 0.416. The van der Waals surface area contributed by atoms with Crippen LogP contribution in [0.3, 0.4) is 0 Å². The maximum absolute atomic E-state index is 8.98. The molecule has 1 aromatic heterocycles. The molecule has 0 aliphatic carbocycles. The van der Waals surface area contributed by atoms with Crippen molar-refractivity contribution < 1.29 is 4.74 Å². The number of ether oxygens (including phenoxy) is 1. The van der Waals surface area contributed by atoms with E-state index in [0.717, 1.165) is 17.8 Å². The fraction of sp³-hybridized carbons (Fsp3) is 0.214. The Hall–Kier alpha value is -2.61. The molecular formula is C14H14N4O. The van der Waals surface area contributed by atoms with Crippen LogP contribution >= 0.6 is 0 Å². The highest BCUT2D eigenvalue weighted by Crippen LogP contribution is 2.29. The zero-order valence-electron chi connectivity index (χ0n) is 10.8. The van der Waals surface area contributed by atoms with Crippen LogP contribution < -0.4 is 10.1 Å². The Bertz CT molecular complexity index is 619. The number of nitrogens with zero attached hydrogens (tertiary/aromatic N) is 3. The summed E-state index contributed by atoms with van der Waals surface area (Å²) in [6.07, 6.45) is 1.68. The van der Waals surface area contributed by atoms with Crippen molar-refractivity contribution in [2.24, 2.45) is 0 Å². The van der Waals surface area contributed by atoms with Crippen LogP contribution in [0.1, 0.15) is 12.5 Å². The van der Waals surface area contributed by atoms with E-state index in [1.54, 1.807) is 37.6 Å². The van der Waals surface area contributed by atoms with Crippen molar-refractivity contribution in [3.63, 3.8) is 0 Å². The maximum Gasteiger partial charge on any atom is 0.223 e. The number of benzene rings is 1. The van der Waals surface area contributed by atoms with E-state index in [4.69, 9.17) is 10.00 Å². The van der Waals surface area contributed by atoms with Crippen LogP contribution in [0.4, 0.5) is 5.95 Å². The summed E-state index contributed by atoms with van der Waals surface area (Å²) >= 11 is 0. The first-order valence-corrected chi connectivity index (χ1v) is 5.94. The lowest BCUT2D eigenvalue weighted by atomic mass is 10.1. The first kappa shape index (κ1) is 12.8. The van der Waals surface area contributed by atoms with Crippen LogP contribution in [0.2, 0.25) is 0 Å². The molecule has 2 aromatic rings. The van der Waals surface area contributed by atoms with Crippen molar-refractivity contribution in [1.82, 2.24) is 9.97 Å². The van der Waals surface area contributed by atoms with Crippen LogP contribution in [-0.4, -0.2) is 23.6 Å². The highest BCUT2D eigenvalue weighted by Gasteiger charge is 2.09. The number of nitrogens with one attached hydrogen (secondary N) is 1. The third kappa shape index (κ3) is 2.80. The quantitative estimate of drug-likeness (QED) is 0.907. The van der Waals surface area contributed by atoms with Gasteiger partial charge in [-0.25, -0.2) is 9.97 Å². The first-order valence-electron chi connectivity index (χ1n) is 5.94. The molecule has 0 saturated heterocycles. The molecule has 96 valence electrons. The zero-order chi connectivity index (χ0) is 13.7. The molecule has 0 bridgehead atoms. The molecule has 0 saturated carbocycles. The average Bonchev–Trinajstić information content (AvgIpc) is 2.47. The SMILES string of the molecule is CCNc1nccc(-c2cc(C#N)ccc2OC)n1. The Morgan fingerprint density at radius 1 is 1.37 bits per heavy atom. The van der Waals surface area contributed by atoms with Gasteiger partial charge in [-0.15, -0.1) is 0 Å². The molecular weight excluding hydrogens is 240 g/mol. The third-order valence-corrected chi connectivity index (χ3v) is 2.59. The largest absolute Gasteiger partial charge is 0.496 e. The Kier molecular flexibility index (Phi) is 3.94. The lowest BCUT2D eigenvalue weighted by Crippen LogP contribution is -2.02. The molecule has 5 nitrogen and oxygen atoms in total. The van der Waals surface area contributed by atoms with E-state index in [0.29, 0.717) is 17.3 Å². The smallest absolute Gasteiger partial charge is 0.223 e. The molecule has 1 N–H and O–H groups in total. The van der Waals surface area contributed by atoms with E-state index in [9.17, 15) is 0 Å². The number of hydrogen-bond acceptors (Lipinski definition) is 5. The van der Waals surface area contributed by atoms with Gasteiger partial charge in [0.05, 0.1) is 24.4 Å². The monoisotopic (exact) mass is 254 g/mol. The van der Waals surface area contributed by atoms with E-state index in [1.165, 1.54) is 0 Å². The van der Waals surface area contributed by atoms with Gasteiger partial charge in [0.1, 0.15) is 5.75 Å². The number of aromatic nitrogens is 2. The van der Waals surface area contributed by atoms with Gasteiger partial charge in [-0.05, 0) is 31.2 Å². The topological polar surface area (TPSA) is 70.8 Å². The Morgan fingerprint density at radius 3 is 2.89 bits per heavy atom. The maximum atomic E-state index is 8.98. The molecule has 0 aliphatic heterocycles. The van der Waals surface area contributed by atoms with Crippen molar-refractivity contribution in [2.45, 2.75) is 6.92 Å².